The number of amides is 1. The Balaban J connectivity index is 1.54. The molecule has 0 unspecified atom stereocenters. The van der Waals surface area contributed by atoms with Crippen LogP contribution in [-0.2, 0) is 24.1 Å². The first-order valence-corrected chi connectivity index (χ1v) is 9.01. The number of benzene rings is 1. The molecule has 0 atom stereocenters. The van der Waals surface area contributed by atoms with E-state index in [1.165, 1.54) is 29.0 Å². The largest absolute Gasteiger partial charge is 0.369 e. The number of anilines is 2. The molecular formula is C18H19N5O2S. The normalized spacial score (nSPS) is 10.7. The number of hydrogen-bond acceptors (Lipinski definition) is 6. The molecule has 0 aliphatic rings. The van der Waals surface area contributed by atoms with Gasteiger partial charge in [0.25, 0.3) is 0 Å². The Labute approximate surface area is 154 Å². The van der Waals surface area contributed by atoms with Crippen LogP contribution in [-0.4, -0.2) is 26.3 Å². The molecule has 0 radical (unpaired) electrons. The third-order valence-corrected chi connectivity index (χ3v) is 4.63. The molecule has 1 aromatic carbocycles. The number of aryl methyl sites for hydroxylation is 2. The van der Waals surface area contributed by atoms with Gasteiger partial charge in [0.1, 0.15) is 0 Å². The fourth-order valence-electron chi connectivity index (χ4n) is 2.51. The Bertz CT molecular complexity index is 914. The van der Waals surface area contributed by atoms with Crippen molar-refractivity contribution >= 4 is 34.2 Å². The van der Waals surface area contributed by atoms with E-state index in [1.807, 2.05) is 29.6 Å². The monoisotopic (exact) mass is 369 g/mol. The molecule has 26 heavy (non-hydrogen) atoms. The van der Waals surface area contributed by atoms with E-state index in [9.17, 15) is 9.59 Å². The maximum Gasteiger partial charge on any atom is 0.237 e. The van der Waals surface area contributed by atoms with E-state index in [1.54, 1.807) is 6.20 Å². The van der Waals surface area contributed by atoms with Crippen molar-refractivity contribution in [1.29, 1.82) is 0 Å². The Kier molecular flexibility index (Phi) is 5.43. The van der Waals surface area contributed by atoms with E-state index >= 15 is 0 Å². The number of nitrogen functional groups attached to an aromatic ring is 1. The topological polar surface area (TPSA) is 103 Å². The number of nitrogens with zero attached hydrogens (tertiary/aromatic N) is 3. The summed E-state index contributed by atoms with van der Waals surface area (Å²) in [6.07, 6.45) is 4.97. The molecule has 3 N–H and O–H groups in total. The van der Waals surface area contributed by atoms with Gasteiger partial charge in [-0.15, -0.1) is 11.3 Å². The van der Waals surface area contributed by atoms with Crippen molar-refractivity contribution < 1.29 is 9.59 Å². The molecule has 7 nitrogen and oxygen atoms in total. The minimum absolute atomic E-state index is 0.110. The van der Waals surface area contributed by atoms with E-state index < -0.39 is 0 Å². The zero-order valence-corrected chi connectivity index (χ0v) is 15.1. The number of thiazole rings is 1. The number of carbonyl (C=O) groups excluding carboxylic acids is 2. The van der Waals surface area contributed by atoms with E-state index in [4.69, 9.17) is 5.73 Å². The fraction of sp³-hybridized carbons (Fsp3) is 0.222. The fourth-order valence-corrected chi connectivity index (χ4v) is 3.30. The third kappa shape index (κ3) is 4.54. The van der Waals surface area contributed by atoms with Crippen LogP contribution in [0, 0.1) is 0 Å². The average molecular weight is 369 g/mol. The molecule has 0 aliphatic carbocycles. The first-order chi connectivity index (χ1) is 12.5. The van der Waals surface area contributed by atoms with Gasteiger partial charge in [-0.1, -0.05) is 24.3 Å². The minimum Gasteiger partial charge on any atom is -0.369 e. The van der Waals surface area contributed by atoms with Gasteiger partial charge in [-0.2, -0.15) is 0 Å². The second-order valence-electron chi connectivity index (χ2n) is 5.87. The van der Waals surface area contributed by atoms with Crippen molar-refractivity contribution in [2.75, 3.05) is 11.1 Å². The summed E-state index contributed by atoms with van der Waals surface area (Å²) in [5.41, 5.74) is 8.69. The minimum atomic E-state index is -0.117. The summed E-state index contributed by atoms with van der Waals surface area (Å²) in [4.78, 5) is 31.4. The standard InChI is InChI=1S/C18H19N5O2S/c1-12(24)21-18-22-15(11-26-18)7-6-13-2-4-14(5-3-13)10-16(25)23-9-8-20-17(23)19/h2-5,8-9,11H,6-7,10H2,1H3,(H2,19,20)(H,21,22,24). The second kappa shape index (κ2) is 7.92. The predicted molar refractivity (Wildman–Crippen MR) is 101 cm³/mol. The molecule has 8 heteroatoms. The van der Waals surface area contributed by atoms with Crippen LogP contribution in [0.2, 0.25) is 0 Å². The Morgan fingerprint density at radius 2 is 1.92 bits per heavy atom. The second-order valence-corrected chi connectivity index (χ2v) is 6.73. The predicted octanol–water partition coefficient (Wildman–Crippen LogP) is 2.55. The number of nitrogens with two attached hydrogens (primary N) is 1. The lowest BCUT2D eigenvalue weighted by Gasteiger charge is -2.05. The highest BCUT2D eigenvalue weighted by Gasteiger charge is 2.09. The van der Waals surface area contributed by atoms with Gasteiger partial charge in [-0.05, 0) is 24.0 Å². The van der Waals surface area contributed by atoms with E-state index in [-0.39, 0.29) is 24.2 Å². The number of imidazole rings is 1. The van der Waals surface area contributed by atoms with Crippen LogP contribution in [0.4, 0.5) is 11.1 Å². The highest BCUT2D eigenvalue weighted by atomic mass is 32.1. The SMILES string of the molecule is CC(=O)Nc1nc(CCc2ccc(CC(=O)n3ccnc3N)cc2)cs1. The van der Waals surface area contributed by atoms with Gasteiger partial charge in [-0.3, -0.25) is 14.2 Å². The van der Waals surface area contributed by atoms with Gasteiger partial charge >= 0.3 is 0 Å². The highest BCUT2D eigenvalue weighted by molar-refractivity contribution is 7.13. The van der Waals surface area contributed by atoms with Crippen LogP contribution in [0.25, 0.3) is 0 Å². The molecule has 0 fully saturated rings. The Morgan fingerprint density at radius 3 is 2.58 bits per heavy atom. The van der Waals surface area contributed by atoms with Crippen LogP contribution in [0.1, 0.15) is 28.5 Å². The van der Waals surface area contributed by atoms with Crippen molar-refractivity contribution in [2.24, 2.45) is 0 Å². The molecule has 134 valence electrons. The summed E-state index contributed by atoms with van der Waals surface area (Å²) >= 11 is 1.42. The number of nitrogens with one attached hydrogen (secondary N) is 1. The molecule has 1 amide bonds. The van der Waals surface area contributed by atoms with Gasteiger partial charge in [0.15, 0.2) is 5.13 Å². The molecular weight excluding hydrogens is 350 g/mol. The van der Waals surface area contributed by atoms with Crippen LogP contribution in [0.15, 0.2) is 42.0 Å². The van der Waals surface area contributed by atoms with Crippen LogP contribution >= 0.6 is 11.3 Å². The Morgan fingerprint density at radius 1 is 1.19 bits per heavy atom. The van der Waals surface area contributed by atoms with E-state index in [0.29, 0.717) is 5.13 Å². The highest BCUT2D eigenvalue weighted by Crippen LogP contribution is 2.17. The molecule has 3 aromatic rings. The number of aromatic nitrogens is 3. The molecule has 0 saturated carbocycles. The van der Waals surface area contributed by atoms with E-state index in [0.717, 1.165) is 29.7 Å². The summed E-state index contributed by atoms with van der Waals surface area (Å²) in [5, 5.41) is 5.26. The lowest BCUT2D eigenvalue weighted by Crippen LogP contribution is -2.15. The third-order valence-electron chi connectivity index (χ3n) is 3.82. The molecule has 3 rings (SSSR count). The number of carbonyl (C=O) groups is 2. The molecule has 0 spiro atoms. The summed E-state index contributed by atoms with van der Waals surface area (Å²) in [7, 11) is 0. The summed E-state index contributed by atoms with van der Waals surface area (Å²) in [5.74, 6) is -0.0253. The first kappa shape index (κ1) is 17.8. The zero-order valence-electron chi connectivity index (χ0n) is 14.3. The quantitative estimate of drug-likeness (QED) is 0.695. The smallest absolute Gasteiger partial charge is 0.237 e. The van der Waals surface area contributed by atoms with Crippen molar-refractivity contribution in [3.05, 3.63) is 58.9 Å². The maximum atomic E-state index is 12.2. The van der Waals surface area contributed by atoms with Gasteiger partial charge < -0.3 is 11.1 Å². The Hall–Kier alpha value is -3.00. The average Bonchev–Trinajstić information content (AvgIpc) is 3.22. The zero-order chi connectivity index (χ0) is 18.5. The van der Waals surface area contributed by atoms with Gasteiger partial charge in [0.2, 0.25) is 17.8 Å². The van der Waals surface area contributed by atoms with Gasteiger partial charge in [-0.25, -0.2) is 9.97 Å². The molecule has 0 aliphatic heterocycles. The molecule has 2 aromatic heterocycles. The summed E-state index contributed by atoms with van der Waals surface area (Å²) in [6.45, 7) is 1.47. The van der Waals surface area contributed by atoms with Gasteiger partial charge in [0, 0.05) is 24.7 Å². The lowest BCUT2D eigenvalue weighted by atomic mass is 10.0. The van der Waals surface area contributed by atoms with E-state index in [2.05, 4.69) is 15.3 Å². The lowest BCUT2D eigenvalue weighted by molar-refractivity contribution is -0.114. The van der Waals surface area contributed by atoms with Crippen molar-refractivity contribution in [3.63, 3.8) is 0 Å². The van der Waals surface area contributed by atoms with Crippen molar-refractivity contribution in [2.45, 2.75) is 26.2 Å². The molecule has 2 heterocycles. The molecule has 0 bridgehead atoms. The number of hydrogen-bond donors (Lipinski definition) is 2. The number of rotatable bonds is 6. The maximum absolute atomic E-state index is 12.2. The first-order valence-electron chi connectivity index (χ1n) is 8.13. The summed E-state index contributed by atoms with van der Waals surface area (Å²) in [6, 6.07) is 7.93. The van der Waals surface area contributed by atoms with Gasteiger partial charge in [0.05, 0.1) is 12.1 Å². The van der Waals surface area contributed by atoms with Crippen molar-refractivity contribution in [3.8, 4) is 0 Å². The van der Waals surface area contributed by atoms with Crippen molar-refractivity contribution in [1.82, 2.24) is 14.5 Å². The molecule has 0 saturated heterocycles. The van der Waals surface area contributed by atoms with Crippen LogP contribution < -0.4 is 11.1 Å². The summed E-state index contributed by atoms with van der Waals surface area (Å²) < 4.78 is 1.35. The van der Waals surface area contributed by atoms with Crippen LogP contribution in [0.5, 0.6) is 0 Å². The van der Waals surface area contributed by atoms with Crippen LogP contribution in [0.3, 0.4) is 0 Å².